The topological polar surface area (TPSA) is 64.4 Å². The van der Waals surface area contributed by atoms with Gasteiger partial charge in [-0.25, -0.2) is 4.79 Å². The number of pyridine rings is 1. The van der Waals surface area contributed by atoms with Crippen LogP contribution < -0.4 is 4.74 Å². The second-order valence-corrected chi connectivity index (χ2v) is 5.62. The number of hydrogen-bond donors (Lipinski definition) is 1. The molecule has 0 aliphatic heterocycles. The minimum Gasteiger partial charge on any atom is -0.424 e. The fourth-order valence-electron chi connectivity index (χ4n) is 2.03. The Bertz CT molecular complexity index is 637. The van der Waals surface area contributed by atoms with Crippen LogP contribution in [0.4, 0.5) is 8.78 Å². The van der Waals surface area contributed by atoms with Gasteiger partial charge in [0.25, 0.3) is 0 Å². The molecule has 0 aliphatic rings. The summed E-state index contributed by atoms with van der Waals surface area (Å²) in [6, 6.07) is 5.19. The van der Waals surface area contributed by atoms with Gasteiger partial charge in [-0.05, 0) is 12.1 Å². The highest BCUT2D eigenvalue weighted by Crippen LogP contribution is 2.25. The molecule has 2 rings (SSSR count). The first-order valence-electron chi connectivity index (χ1n) is 6.61. The van der Waals surface area contributed by atoms with Crippen LogP contribution in [0.15, 0.2) is 36.7 Å². The molecule has 2 heterocycles. The van der Waals surface area contributed by atoms with Crippen molar-refractivity contribution < 1.29 is 23.4 Å². The van der Waals surface area contributed by atoms with Crippen LogP contribution in [-0.4, -0.2) is 26.7 Å². The predicted octanol–water partition coefficient (Wildman–Crippen LogP) is 2.15. The first-order valence-corrected chi connectivity index (χ1v) is 6.61. The number of halogens is 2. The highest BCUT2D eigenvalue weighted by atomic mass is 19.1. The quantitative estimate of drug-likeness (QED) is 0.679. The molecule has 118 valence electrons. The van der Waals surface area contributed by atoms with E-state index in [0.29, 0.717) is 6.54 Å². The summed E-state index contributed by atoms with van der Waals surface area (Å²) in [6.07, 6.45) is 2.13. The Morgan fingerprint density at radius 1 is 1.32 bits per heavy atom. The van der Waals surface area contributed by atoms with Crippen LogP contribution in [0.1, 0.15) is 13.8 Å². The Labute approximate surface area is 126 Å². The van der Waals surface area contributed by atoms with E-state index in [1.54, 1.807) is 26.2 Å². The molecule has 2 aromatic heterocycles. The van der Waals surface area contributed by atoms with Crippen molar-refractivity contribution >= 4 is 5.97 Å². The number of ether oxygens (including phenoxy) is 1. The van der Waals surface area contributed by atoms with Gasteiger partial charge in [-0.1, -0.05) is 13.8 Å². The van der Waals surface area contributed by atoms with Gasteiger partial charge in [0, 0.05) is 36.5 Å². The zero-order valence-corrected chi connectivity index (χ0v) is 12.2. The standard InChI is InChI=1S/C15H16F2N2O3/c1-15(2,9-19-5-3-4-6-19)13(20)14(21)22-10-7-11(16)18-12(17)8-10/h3-8,13,20H,9H2,1-2H3. The van der Waals surface area contributed by atoms with Crippen molar-refractivity contribution in [1.82, 2.24) is 9.55 Å². The molecule has 1 N–H and O–H groups in total. The summed E-state index contributed by atoms with van der Waals surface area (Å²) in [5, 5.41) is 10.2. The van der Waals surface area contributed by atoms with Crippen molar-refractivity contribution in [3.05, 3.63) is 48.6 Å². The van der Waals surface area contributed by atoms with E-state index in [-0.39, 0.29) is 5.75 Å². The van der Waals surface area contributed by atoms with Gasteiger partial charge in [0.2, 0.25) is 11.9 Å². The summed E-state index contributed by atoms with van der Waals surface area (Å²) < 4.78 is 32.5. The number of aliphatic hydroxyl groups excluding tert-OH is 1. The number of carbonyl (C=O) groups excluding carboxylic acids is 1. The molecular formula is C15H16F2N2O3. The molecule has 0 amide bonds. The lowest BCUT2D eigenvalue weighted by Crippen LogP contribution is -2.41. The molecule has 0 saturated carbocycles. The largest absolute Gasteiger partial charge is 0.424 e. The number of hydrogen-bond acceptors (Lipinski definition) is 4. The summed E-state index contributed by atoms with van der Waals surface area (Å²) in [5.74, 6) is -3.54. The third-order valence-electron chi connectivity index (χ3n) is 3.17. The van der Waals surface area contributed by atoms with E-state index in [2.05, 4.69) is 4.98 Å². The van der Waals surface area contributed by atoms with Crippen molar-refractivity contribution in [2.75, 3.05) is 0 Å². The number of rotatable bonds is 5. The molecule has 22 heavy (non-hydrogen) atoms. The Hall–Kier alpha value is -2.28. The van der Waals surface area contributed by atoms with Gasteiger partial charge in [-0.2, -0.15) is 13.8 Å². The fraction of sp³-hybridized carbons (Fsp3) is 0.333. The van der Waals surface area contributed by atoms with Crippen molar-refractivity contribution in [2.45, 2.75) is 26.5 Å². The molecule has 0 aliphatic carbocycles. The molecule has 2 aromatic rings. The van der Waals surface area contributed by atoms with E-state index in [1.165, 1.54) is 0 Å². The Morgan fingerprint density at radius 2 is 1.86 bits per heavy atom. The van der Waals surface area contributed by atoms with Crippen molar-refractivity contribution in [2.24, 2.45) is 5.41 Å². The molecular weight excluding hydrogens is 294 g/mol. The van der Waals surface area contributed by atoms with Crippen LogP contribution in [0.3, 0.4) is 0 Å². The van der Waals surface area contributed by atoms with E-state index < -0.39 is 29.4 Å². The number of nitrogens with zero attached hydrogens (tertiary/aromatic N) is 2. The van der Waals surface area contributed by atoms with Gasteiger partial charge >= 0.3 is 5.97 Å². The van der Waals surface area contributed by atoms with Crippen LogP contribution >= 0.6 is 0 Å². The van der Waals surface area contributed by atoms with Crippen LogP contribution in [0.25, 0.3) is 0 Å². The number of aliphatic hydroxyl groups is 1. The Morgan fingerprint density at radius 3 is 2.41 bits per heavy atom. The lowest BCUT2D eigenvalue weighted by molar-refractivity contribution is -0.150. The highest BCUT2D eigenvalue weighted by molar-refractivity contribution is 5.77. The maximum absolute atomic E-state index is 13.0. The number of carbonyl (C=O) groups is 1. The summed E-state index contributed by atoms with van der Waals surface area (Å²) in [5.41, 5.74) is -0.833. The molecule has 7 heteroatoms. The summed E-state index contributed by atoms with van der Waals surface area (Å²) >= 11 is 0. The van der Waals surface area contributed by atoms with E-state index in [1.807, 2.05) is 16.7 Å². The molecule has 0 radical (unpaired) electrons. The van der Waals surface area contributed by atoms with Gasteiger partial charge in [-0.3, -0.25) is 0 Å². The van der Waals surface area contributed by atoms with Crippen LogP contribution in [0.5, 0.6) is 5.75 Å². The van der Waals surface area contributed by atoms with E-state index in [0.717, 1.165) is 12.1 Å². The summed E-state index contributed by atoms with van der Waals surface area (Å²) in [7, 11) is 0. The molecule has 0 spiro atoms. The van der Waals surface area contributed by atoms with Gasteiger partial charge in [0.05, 0.1) is 0 Å². The lowest BCUT2D eigenvalue weighted by atomic mass is 9.86. The molecule has 0 aromatic carbocycles. The van der Waals surface area contributed by atoms with E-state index in [4.69, 9.17) is 4.74 Å². The zero-order chi connectivity index (χ0) is 16.3. The molecule has 0 fully saturated rings. The van der Waals surface area contributed by atoms with Gasteiger partial charge in [0.1, 0.15) is 5.75 Å². The minimum absolute atomic E-state index is 0.342. The molecule has 0 saturated heterocycles. The lowest BCUT2D eigenvalue weighted by Gasteiger charge is -2.29. The first kappa shape index (κ1) is 16.1. The molecule has 1 unspecified atom stereocenters. The van der Waals surface area contributed by atoms with Gasteiger partial charge < -0.3 is 14.4 Å². The van der Waals surface area contributed by atoms with Crippen LogP contribution in [-0.2, 0) is 11.3 Å². The Kier molecular flexibility index (Phi) is 4.56. The molecule has 5 nitrogen and oxygen atoms in total. The normalized spacial score (nSPS) is 13.0. The number of aromatic nitrogens is 2. The smallest absolute Gasteiger partial charge is 0.340 e. The average Bonchev–Trinajstić information content (AvgIpc) is 2.88. The fourth-order valence-corrected chi connectivity index (χ4v) is 2.03. The predicted molar refractivity (Wildman–Crippen MR) is 74.0 cm³/mol. The summed E-state index contributed by atoms with van der Waals surface area (Å²) in [4.78, 5) is 14.9. The van der Waals surface area contributed by atoms with Gasteiger partial charge in [-0.15, -0.1) is 0 Å². The number of esters is 1. The van der Waals surface area contributed by atoms with Crippen molar-refractivity contribution in [3.63, 3.8) is 0 Å². The molecule has 0 bridgehead atoms. The third kappa shape index (κ3) is 3.88. The summed E-state index contributed by atoms with van der Waals surface area (Å²) in [6.45, 7) is 3.74. The van der Waals surface area contributed by atoms with E-state index >= 15 is 0 Å². The molecule has 1 atom stereocenters. The maximum atomic E-state index is 13.0. The van der Waals surface area contributed by atoms with Crippen LogP contribution in [0.2, 0.25) is 0 Å². The monoisotopic (exact) mass is 310 g/mol. The first-order chi connectivity index (χ1) is 10.3. The minimum atomic E-state index is -1.46. The van der Waals surface area contributed by atoms with E-state index in [9.17, 15) is 18.7 Å². The average molecular weight is 310 g/mol. The SMILES string of the molecule is CC(C)(Cn1cccc1)C(O)C(=O)Oc1cc(F)nc(F)c1. The van der Waals surface area contributed by atoms with Gasteiger partial charge in [0.15, 0.2) is 6.10 Å². The van der Waals surface area contributed by atoms with Crippen molar-refractivity contribution in [3.8, 4) is 5.75 Å². The zero-order valence-electron chi connectivity index (χ0n) is 12.2. The second-order valence-electron chi connectivity index (χ2n) is 5.62. The third-order valence-corrected chi connectivity index (χ3v) is 3.17. The maximum Gasteiger partial charge on any atom is 0.340 e. The highest BCUT2D eigenvalue weighted by Gasteiger charge is 2.35. The Balaban J connectivity index is 2.07. The van der Waals surface area contributed by atoms with Crippen LogP contribution in [0, 0.1) is 17.3 Å². The van der Waals surface area contributed by atoms with Crippen molar-refractivity contribution in [1.29, 1.82) is 0 Å². The second kappa shape index (κ2) is 6.23.